The van der Waals surface area contributed by atoms with E-state index in [4.69, 9.17) is 21.6 Å². The number of amides is 2. The molecule has 2 aromatic rings. The molecule has 3 rings (SSSR count). The molecule has 1 heterocycles. The van der Waals surface area contributed by atoms with Gasteiger partial charge in [0.05, 0.1) is 29.7 Å². The van der Waals surface area contributed by atoms with E-state index in [9.17, 15) is 9.59 Å². The van der Waals surface area contributed by atoms with Crippen LogP contribution in [0.2, 0.25) is 5.02 Å². The number of hydrogen-bond acceptors (Lipinski definition) is 4. The van der Waals surface area contributed by atoms with Crippen molar-refractivity contribution in [3.05, 3.63) is 53.1 Å². The molecule has 132 valence electrons. The van der Waals surface area contributed by atoms with Crippen molar-refractivity contribution in [3.63, 3.8) is 0 Å². The minimum absolute atomic E-state index is 0.118. The van der Waals surface area contributed by atoms with Crippen molar-refractivity contribution in [2.24, 2.45) is 5.92 Å². The highest BCUT2D eigenvalue weighted by atomic mass is 35.5. The van der Waals surface area contributed by atoms with E-state index in [0.717, 1.165) is 0 Å². The van der Waals surface area contributed by atoms with Crippen LogP contribution < -0.4 is 15.0 Å². The Balaban J connectivity index is 1.71. The molecule has 2 aromatic carbocycles. The first kappa shape index (κ1) is 17.8. The summed E-state index contributed by atoms with van der Waals surface area (Å²) in [7, 11) is 1.51. The lowest BCUT2D eigenvalue weighted by atomic mass is 10.1. The normalized spacial score (nSPS) is 16.3. The van der Waals surface area contributed by atoms with Gasteiger partial charge in [0.15, 0.2) is 0 Å². The molecule has 7 heteroatoms. The standard InChI is InChI=1S/C19H16ClN3O3/c1-26-17-6-5-14(9-16(17)20)22-19(25)13-8-18(24)23(11-13)15-4-2-3-12(7-15)10-21/h2-7,9,13H,8,11H2,1H3,(H,22,25). The van der Waals surface area contributed by atoms with Crippen LogP contribution in [0.1, 0.15) is 12.0 Å². The Kier molecular flexibility index (Phi) is 5.10. The van der Waals surface area contributed by atoms with Gasteiger partial charge in [0.2, 0.25) is 11.8 Å². The van der Waals surface area contributed by atoms with Crippen LogP contribution in [0.3, 0.4) is 0 Å². The van der Waals surface area contributed by atoms with Crippen LogP contribution in [-0.4, -0.2) is 25.5 Å². The summed E-state index contributed by atoms with van der Waals surface area (Å²) in [5, 5.41) is 12.2. The van der Waals surface area contributed by atoms with Crippen molar-refractivity contribution in [1.29, 1.82) is 5.26 Å². The van der Waals surface area contributed by atoms with Gasteiger partial charge < -0.3 is 15.0 Å². The highest BCUT2D eigenvalue weighted by molar-refractivity contribution is 6.32. The van der Waals surface area contributed by atoms with E-state index >= 15 is 0 Å². The van der Waals surface area contributed by atoms with Crippen LogP contribution in [0.4, 0.5) is 11.4 Å². The SMILES string of the molecule is COc1ccc(NC(=O)C2CC(=O)N(c3cccc(C#N)c3)C2)cc1Cl. The Morgan fingerprint density at radius 1 is 1.35 bits per heavy atom. The average molecular weight is 370 g/mol. The zero-order valence-corrected chi connectivity index (χ0v) is 14.8. The molecule has 0 bridgehead atoms. The largest absolute Gasteiger partial charge is 0.495 e. The number of ether oxygens (including phenoxy) is 1. The van der Waals surface area contributed by atoms with Gasteiger partial charge in [-0.25, -0.2) is 0 Å². The molecule has 1 aliphatic rings. The van der Waals surface area contributed by atoms with Crippen LogP contribution in [0.5, 0.6) is 5.75 Å². The fourth-order valence-electron chi connectivity index (χ4n) is 2.86. The number of benzene rings is 2. The molecule has 1 saturated heterocycles. The number of nitriles is 1. The van der Waals surface area contributed by atoms with Gasteiger partial charge in [0.1, 0.15) is 5.75 Å². The average Bonchev–Trinajstić information content (AvgIpc) is 3.04. The second-order valence-corrected chi connectivity index (χ2v) is 6.31. The molecule has 1 N–H and O–H groups in total. The summed E-state index contributed by atoms with van der Waals surface area (Å²) in [5.41, 5.74) is 1.63. The number of hydrogen-bond donors (Lipinski definition) is 1. The summed E-state index contributed by atoms with van der Waals surface area (Å²) in [6.07, 6.45) is 0.118. The van der Waals surface area contributed by atoms with E-state index < -0.39 is 5.92 Å². The fraction of sp³-hybridized carbons (Fsp3) is 0.211. The second-order valence-electron chi connectivity index (χ2n) is 5.91. The summed E-state index contributed by atoms with van der Waals surface area (Å²) < 4.78 is 5.08. The van der Waals surface area contributed by atoms with Gasteiger partial charge in [-0.05, 0) is 36.4 Å². The quantitative estimate of drug-likeness (QED) is 0.897. The van der Waals surface area contributed by atoms with Crippen LogP contribution in [0.25, 0.3) is 0 Å². The van der Waals surface area contributed by atoms with Gasteiger partial charge in [-0.15, -0.1) is 0 Å². The van der Waals surface area contributed by atoms with Crippen LogP contribution in [0, 0.1) is 17.2 Å². The topological polar surface area (TPSA) is 82.4 Å². The molecule has 0 radical (unpaired) electrons. The predicted molar refractivity (Wildman–Crippen MR) is 98.3 cm³/mol. The minimum Gasteiger partial charge on any atom is -0.495 e. The Morgan fingerprint density at radius 3 is 2.85 bits per heavy atom. The van der Waals surface area contributed by atoms with Crippen molar-refractivity contribution in [1.82, 2.24) is 0 Å². The van der Waals surface area contributed by atoms with Gasteiger partial charge in [-0.3, -0.25) is 9.59 Å². The summed E-state index contributed by atoms with van der Waals surface area (Å²) >= 11 is 6.06. The Hall–Kier alpha value is -3.04. The Bertz CT molecular complexity index is 907. The number of methoxy groups -OCH3 is 1. The minimum atomic E-state index is -0.478. The lowest BCUT2D eigenvalue weighted by Crippen LogP contribution is -2.28. The zero-order chi connectivity index (χ0) is 18.7. The van der Waals surface area contributed by atoms with E-state index in [-0.39, 0.29) is 24.8 Å². The van der Waals surface area contributed by atoms with Crippen molar-refractivity contribution in [2.75, 3.05) is 23.9 Å². The Morgan fingerprint density at radius 2 is 2.15 bits per heavy atom. The smallest absolute Gasteiger partial charge is 0.229 e. The molecule has 0 saturated carbocycles. The molecule has 0 aliphatic carbocycles. The van der Waals surface area contributed by atoms with E-state index in [1.54, 1.807) is 42.5 Å². The van der Waals surface area contributed by atoms with Crippen LogP contribution >= 0.6 is 11.6 Å². The van der Waals surface area contributed by atoms with Gasteiger partial charge in [0, 0.05) is 24.3 Å². The number of nitrogens with zero attached hydrogens (tertiary/aromatic N) is 2. The first-order valence-corrected chi connectivity index (χ1v) is 8.34. The highest BCUT2D eigenvalue weighted by Gasteiger charge is 2.35. The lowest BCUT2D eigenvalue weighted by molar-refractivity contribution is -0.122. The number of carbonyl (C=O) groups is 2. The third-order valence-electron chi connectivity index (χ3n) is 4.20. The van der Waals surface area contributed by atoms with Crippen LogP contribution in [-0.2, 0) is 9.59 Å². The molecule has 0 aromatic heterocycles. The number of halogens is 1. The van der Waals surface area contributed by atoms with Gasteiger partial charge in [-0.2, -0.15) is 5.26 Å². The number of carbonyl (C=O) groups excluding carboxylic acids is 2. The van der Waals surface area contributed by atoms with E-state index in [1.165, 1.54) is 12.0 Å². The molecule has 0 spiro atoms. The molecule has 1 aliphatic heterocycles. The Labute approximate surface area is 155 Å². The maximum atomic E-state index is 12.5. The second kappa shape index (κ2) is 7.46. The lowest BCUT2D eigenvalue weighted by Gasteiger charge is -2.17. The van der Waals surface area contributed by atoms with E-state index in [0.29, 0.717) is 27.7 Å². The molecule has 26 heavy (non-hydrogen) atoms. The first-order valence-electron chi connectivity index (χ1n) is 7.96. The maximum Gasteiger partial charge on any atom is 0.229 e. The summed E-state index contributed by atoms with van der Waals surface area (Å²) in [5.74, 6) is -0.357. The third kappa shape index (κ3) is 3.63. The first-order chi connectivity index (χ1) is 12.5. The monoisotopic (exact) mass is 369 g/mol. The molecule has 1 atom stereocenters. The van der Waals surface area contributed by atoms with Crippen molar-refractivity contribution in [2.45, 2.75) is 6.42 Å². The molecule has 2 amide bonds. The highest BCUT2D eigenvalue weighted by Crippen LogP contribution is 2.29. The van der Waals surface area contributed by atoms with Crippen molar-refractivity contribution < 1.29 is 14.3 Å². The molecule has 6 nitrogen and oxygen atoms in total. The summed E-state index contributed by atoms with van der Waals surface area (Å²) in [6, 6.07) is 13.8. The number of nitrogens with one attached hydrogen (secondary N) is 1. The van der Waals surface area contributed by atoms with Crippen LogP contribution in [0.15, 0.2) is 42.5 Å². The number of rotatable bonds is 4. The van der Waals surface area contributed by atoms with E-state index in [1.807, 2.05) is 6.07 Å². The van der Waals surface area contributed by atoms with Crippen molar-refractivity contribution in [3.8, 4) is 11.8 Å². The molecule has 1 fully saturated rings. The maximum absolute atomic E-state index is 12.5. The third-order valence-corrected chi connectivity index (χ3v) is 4.50. The zero-order valence-electron chi connectivity index (χ0n) is 14.0. The van der Waals surface area contributed by atoms with Gasteiger partial charge in [0.25, 0.3) is 0 Å². The predicted octanol–water partition coefficient (Wildman–Crippen LogP) is 3.21. The molecular weight excluding hydrogens is 354 g/mol. The molecule has 1 unspecified atom stereocenters. The van der Waals surface area contributed by atoms with E-state index in [2.05, 4.69) is 5.32 Å². The summed E-state index contributed by atoms with van der Waals surface area (Å²) in [4.78, 5) is 26.3. The van der Waals surface area contributed by atoms with Gasteiger partial charge in [-0.1, -0.05) is 17.7 Å². The number of anilines is 2. The fourth-order valence-corrected chi connectivity index (χ4v) is 3.12. The summed E-state index contributed by atoms with van der Waals surface area (Å²) in [6.45, 7) is 0.267. The van der Waals surface area contributed by atoms with Gasteiger partial charge >= 0.3 is 0 Å². The van der Waals surface area contributed by atoms with Crippen molar-refractivity contribution >= 4 is 34.8 Å². The molecular formula is C19H16ClN3O3.